The van der Waals surface area contributed by atoms with Crippen LogP contribution in [0.15, 0.2) is 29.0 Å². The van der Waals surface area contributed by atoms with Gasteiger partial charge in [-0.05, 0) is 19.1 Å². The van der Waals surface area contributed by atoms with Crippen LogP contribution in [0.5, 0.6) is 0 Å². The van der Waals surface area contributed by atoms with Crippen LogP contribution in [-0.2, 0) is 0 Å². The third-order valence-electron chi connectivity index (χ3n) is 2.01. The predicted octanol–water partition coefficient (Wildman–Crippen LogP) is 2.89. The highest BCUT2D eigenvalue weighted by atomic mass is 35.5. The first kappa shape index (κ1) is 9.09. The van der Waals surface area contributed by atoms with E-state index in [0.717, 1.165) is 17.0 Å². The summed E-state index contributed by atoms with van der Waals surface area (Å²) < 4.78 is 5.10. The predicted molar refractivity (Wildman–Crippen MR) is 56.1 cm³/mol. The second-order valence-corrected chi connectivity index (χ2v) is 3.40. The van der Waals surface area contributed by atoms with Gasteiger partial charge >= 0.3 is 0 Å². The minimum Gasteiger partial charge on any atom is -0.448 e. The van der Waals surface area contributed by atoms with E-state index < -0.39 is 0 Å². The van der Waals surface area contributed by atoms with E-state index in [1.165, 1.54) is 6.39 Å². The molecular formula is C10H9ClN2O. The van der Waals surface area contributed by atoms with Gasteiger partial charge in [0.1, 0.15) is 11.5 Å². The lowest BCUT2D eigenvalue weighted by Gasteiger charge is -2.01. The van der Waals surface area contributed by atoms with Crippen LogP contribution in [-0.4, -0.2) is 4.98 Å². The fourth-order valence-corrected chi connectivity index (χ4v) is 1.39. The van der Waals surface area contributed by atoms with E-state index >= 15 is 0 Å². The molecule has 0 aliphatic rings. The summed E-state index contributed by atoms with van der Waals surface area (Å²) >= 11 is 5.81. The maximum Gasteiger partial charge on any atom is 0.181 e. The number of benzene rings is 1. The summed E-state index contributed by atoms with van der Waals surface area (Å²) in [5, 5.41) is 0.551. The van der Waals surface area contributed by atoms with Crippen LogP contribution in [0.4, 0.5) is 5.69 Å². The standard InChI is InChI=1S/C10H9ClN2O/c1-6-10(13-5-14-6)7-2-3-8(11)9(12)4-7/h2-5H,12H2,1H3. The average Bonchev–Trinajstić information content (AvgIpc) is 2.57. The Morgan fingerprint density at radius 2 is 2.21 bits per heavy atom. The summed E-state index contributed by atoms with van der Waals surface area (Å²) in [6.45, 7) is 1.85. The number of nitrogens with zero attached hydrogens (tertiary/aromatic N) is 1. The van der Waals surface area contributed by atoms with Crippen molar-refractivity contribution < 1.29 is 4.42 Å². The molecule has 2 N–H and O–H groups in total. The van der Waals surface area contributed by atoms with Crippen molar-refractivity contribution in [3.05, 3.63) is 35.4 Å². The Balaban J connectivity index is 2.53. The summed E-state index contributed by atoms with van der Waals surface area (Å²) in [6.07, 6.45) is 1.41. The smallest absolute Gasteiger partial charge is 0.181 e. The molecule has 14 heavy (non-hydrogen) atoms. The van der Waals surface area contributed by atoms with E-state index in [-0.39, 0.29) is 0 Å². The van der Waals surface area contributed by atoms with Gasteiger partial charge in [0.2, 0.25) is 0 Å². The summed E-state index contributed by atoms with van der Waals surface area (Å²) in [5.74, 6) is 0.770. The van der Waals surface area contributed by atoms with Crippen molar-refractivity contribution in [1.29, 1.82) is 0 Å². The Hall–Kier alpha value is -1.48. The number of anilines is 1. The van der Waals surface area contributed by atoms with Crippen LogP contribution in [0, 0.1) is 6.92 Å². The molecule has 0 fully saturated rings. The van der Waals surface area contributed by atoms with E-state index in [1.807, 2.05) is 13.0 Å². The van der Waals surface area contributed by atoms with Gasteiger partial charge in [0.25, 0.3) is 0 Å². The summed E-state index contributed by atoms with van der Waals surface area (Å²) in [5.41, 5.74) is 7.95. The molecule has 72 valence electrons. The first-order valence-electron chi connectivity index (χ1n) is 4.14. The molecule has 0 amide bonds. The first-order valence-corrected chi connectivity index (χ1v) is 4.52. The molecule has 2 rings (SSSR count). The summed E-state index contributed by atoms with van der Waals surface area (Å²) in [7, 11) is 0. The molecule has 3 nitrogen and oxygen atoms in total. The van der Waals surface area contributed by atoms with Gasteiger partial charge in [-0.1, -0.05) is 17.7 Å². The maximum atomic E-state index is 5.81. The quantitative estimate of drug-likeness (QED) is 0.734. The zero-order valence-electron chi connectivity index (χ0n) is 7.62. The Morgan fingerprint density at radius 1 is 1.43 bits per heavy atom. The van der Waals surface area contributed by atoms with Gasteiger partial charge in [-0.3, -0.25) is 0 Å². The van der Waals surface area contributed by atoms with E-state index in [4.69, 9.17) is 21.8 Å². The van der Waals surface area contributed by atoms with Crippen molar-refractivity contribution in [3.63, 3.8) is 0 Å². The van der Waals surface area contributed by atoms with Gasteiger partial charge in [-0.2, -0.15) is 0 Å². The molecule has 2 aromatic rings. The highest BCUT2D eigenvalue weighted by Crippen LogP contribution is 2.27. The molecule has 4 heteroatoms. The third-order valence-corrected chi connectivity index (χ3v) is 2.36. The van der Waals surface area contributed by atoms with E-state index in [1.54, 1.807) is 12.1 Å². The number of aryl methyl sites for hydroxylation is 1. The normalized spacial score (nSPS) is 10.4. The fourth-order valence-electron chi connectivity index (χ4n) is 1.27. The molecule has 1 aromatic heterocycles. The largest absolute Gasteiger partial charge is 0.448 e. The molecule has 0 radical (unpaired) electrons. The molecule has 0 unspecified atom stereocenters. The van der Waals surface area contributed by atoms with Crippen LogP contribution in [0.2, 0.25) is 5.02 Å². The average molecular weight is 209 g/mol. The molecule has 0 spiro atoms. The molecule has 0 atom stereocenters. The van der Waals surface area contributed by atoms with Gasteiger partial charge < -0.3 is 10.2 Å². The number of aromatic nitrogens is 1. The number of nitrogen functional groups attached to an aromatic ring is 1. The van der Waals surface area contributed by atoms with Crippen molar-refractivity contribution >= 4 is 17.3 Å². The molecule has 0 aliphatic carbocycles. The SMILES string of the molecule is Cc1ocnc1-c1ccc(Cl)c(N)c1. The molecule has 0 bridgehead atoms. The zero-order valence-corrected chi connectivity index (χ0v) is 8.38. The second kappa shape index (κ2) is 3.35. The van der Waals surface area contributed by atoms with Crippen LogP contribution >= 0.6 is 11.6 Å². The lowest BCUT2D eigenvalue weighted by Crippen LogP contribution is -1.88. The van der Waals surface area contributed by atoms with Crippen molar-refractivity contribution in [2.75, 3.05) is 5.73 Å². The van der Waals surface area contributed by atoms with E-state index in [9.17, 15) is 0 Å². The van der Waals surface area contributed by atoms with Crippen molar-refractivity contribution in [2.24, 2.45) is 0 Å². The molecule has 0 saturated carbocycles. The van der Waals surface area contributed by atoms with Gasteiger partial charge in [0, 0.05) is 5.56 Å². The zero-order chi connectivity index (χ0) is 10.1. The molecule has 1 aromatic carbocycles. The molecule has 0 saturated heterocycles. The summed E-state index contributed by atoms with van der Waals surface area (Å²) in [4.78, 5) is 4.09. The summed E-state index contributed by atoms with van der Waals surface area (Å²) in [6, 6.07) is 5.40. The van der Waals surface area contributed by atoms with Gasteiger partial charge in [-0.25, -0.2) is 4.98 Å². The van der Waals surface area contributed by atoms with Crippen LogP contribution in [0.3, 0.4) is 0 Å². The Labute approximate surface area is 86.5 Å². The molecule has 1 heterocycles. The van der Waals surface area contributed by atoms with Crippen LogP contribution in [0.25, 0.3) is 11.3 Å². The maximum absolute atomic E-state index is 5.81. The van der Waals surface area contributed by atoms with Crippen LogP contribution < -0.4 is 5.73 Å². The Bertz CT molecular complexity index is 465. The number of nitrogens with two attached hydrogens (primary N) is 1. The highest BCUT2D eigenvalue weighted by Gasteiger charge is 2.07. The topological polar surface area (TPSA) is 52.0 Å². The van der Waals surface area contributed by atoms with Crippen molar-refractivity contribution in [1.82, 2.24) is 4.98 Å². The Morgan fingerprint density at radius 3 is 2.79 bits per heavy atom. The van der Waals surface area contributed by atoms with E-state index in [2.05, 4.69) is 4.98 Å². The van der Waals surface area contributed by atoms with Gasteiger partial charge in [0.05, 0.1) is 10.7 Å². The van der Waals surface area contributed by atoms with Gasteiger partial charge in [-0.15, -0.1) is 0 Å². The van der Waals surface area contributed by atoms with Crippen LogP contribution in [0.1, 0.15) is 5.76 Å². The van der Waals surface area contributed by atoms with Crippen molar-refractivity contribution in [3.8, 4) is 11.3 Å². The number of oxazole rings is 1. The lowest BCUT2D eigenvalue weighted by atomic mass is 10.1. The highest BCUT2D eigenvalue weighted by molar-refractivity contribution is 6.33. The second-order valence-electron chi connectivity index (χ2n) is 2.99. The molecule has 0 aliphatic heterocycles. The first-order chi connectivity index (χ1) is 6.68. The number of rotatable bonds is 1. The van der Waals surface area contributed by atoms with E-state index in [0.29, 0.717) is 10.7 Å². The fraction of sp³-hybridized carbons (Fsp3) is 0.100. The number of hydrogen-bond donors (Lipinski definition) is 1. The monoisotopic (exact) mass is 208 g/mol. The minimum absolute atomic E-state index is 0.548. The van der Waals surface area contributed by atoms with Crippen molar-refractivity contribution in [2.45, 2.75) is 6.92 Å². The minimum atomic E-state index is 0.548. The van der Waals surface area contributed by atoms with Gasteiger partial charge in [0.15, 0.2) is 6.39 Å². The number of hydrogen-bond acceptors (Lipinski definition) is 3. The Kier molecular flexibility index (Phi) is 2.17. The lowest BCUT2D eigenvalue weighted by molar-refractivity contribution is 0.527. The third kappa shape index (κ3) is 1.46. The number of halogens is 1. The molecular weight excluding hydrogens is 200 g/mol.